The number of carbonyl (C=O) groups is 2. The van der Waals surface area contributed by atoms with Gasteiger partial charge in [0.1, 0.15) is 5.57 Å². The van der Waals surface area contributed by atoms with Gasteiger partial charge < -0.3 is 4.57 Å². The number of thiocarbonyl (C=S) groups is 1. The number of para-hydroxylation sites is 1. The number of fused-ring (bicyclic) bond motifs is 1. The first-order valence-corrected chi connectivity index (χ1v) is 8.98. The van der Waals surface area contributed by atoms with Gasteiger partial charge in [-0.2, -0.15) is 0 Å². The number of rotatable bonds is 5. The molecule has 1 N–H and O–H groups in total. The van der Waals surface area contributed by atoms with Crippen LogP contribution in [0.5, 0.6) is 0 Å². The van der Waals surface area contributed by atoms with E-state index in [2.05, 4.69) is 30.3 Å². The molecule has 0 saturated carbocycles. The summed E-state index contributed by atoms with van der Waals surface area (Å²) in [6, 6.07) is 8.30. The molecule has 2 aromatic rings. The molecule has 0 radical (unpaired) electrons. The number of carbonyl (C=O) groups excluding carboxylic acids is 2. The molecule has 5 nitrogen and oxygen atoms in total. The predicted molar refractivity (Wildman–Crippen MR) is 108 cm³/mol. The molecule has 3 rings (SSSR count). The largest absolute Gasteiger partial charge is 0.344 e. The van der Waals surface area contributed by atoms with Crippen LogP contribution in [0.3, 0.4) is 0 Å². The van der Waals surface area contributed by atoms with Gasteiger partial charge in [-0.3, -0.25) is 19.8 Å². The molecule has 1 aliphatic rings. The number of amides is 2. The van der Waals surface area contributed by atoms with Crippen LogP contribution in [-0.4, -0.2) is 32.9 Å². The van der Waals surface area contributed by atoms with Crippen molar-refractivity contribution in [2.24, 2.45) is 0 Å². The molecule has 1 aromatic heterocycles. The van der Waals surface area contributed by atoms with Gasteiger partial charge in [-0.1, -0.05) is 31.2 Å². The second-order valence-corrected chi connectivity index (χ2v) is 6.67. The normalized spacial score (nSPS) is 17.7. The summed E-state index contributed by atoms with van der Waals surface area (Å²) in [6.45, 7) is 8.16. The van der Waals surface area contributed by atoms with Crippen LogP contribution in [-0.2, 0) is 9.59 Å². The smallest absolute Gasteiger partial charge is 0.265 e. The molecule has 0 bridgehead atoms. The van der Waals surface area contributed by atoms with E-state index in [-0.39, 0.29) is 17.2 Å². The fraction of sp³-hybridized carbons (Fsp3) is 0.250. The van der Waals surface area contributed by atoms with Crippen LogP contribution in [0, 0.1) is 0 Å². The molecule has 2 amide bonds. The summed E-state index contributed by atoms with van der Waals surface area (Å²) in [4.78, 5) is 26.4. The van der Waals surface area contributed by atoms with Crippen molar-refractivity contribution < 1.29 is 9.59 Å². The Balaban J connectivity index is 2.11. The first-order valence-electron chi connectivity index (χ1n) is 8.57. The zero-order valence-electron chi connectivity index (χ0n) is 14.9. The predicted octanol–water partition coefficient (Wildman–Crippen LogP) is 3.43. The third-order valence-electron chi connectivity index (χ3n) is 4.63. The first-order chi connectivity index (χ1) is 12.5. The Morgan fingerprint density at radius 1 is 1.31 bits per heavy atom. The maximum Gasteiger partial charge on any atom is 0.265 e. The van der Waals surface area contributed by atoms with Crippen molar-refractivity contribution >= 4 is 46.1 Å². The fourth-order valence-corrected chi connectivity index (χ4v) is 3.30. The summed E-state index contributed by atoms with van der Waals surface area (Å²) in [6.07, 6.45) is 6.21. The molecule has 1 unspecified atom stereocenters. The summed E-state index contributed by atoms with van der Waals surface area (Å²) < 4.78 is 2.18. The highest BCUT2D eigenvalue weighted by Gasteiger charge is 2.32. The van der Waals surface area contributed by atoms with Crippen LogP contribution in [0.25, 0.3) is 17.0 Å². The summed E-state index contributed by atoms with van der Waals surface area (Å²) in [5.41, 5.74) is 1.99. The standard InChI is InChI=1S/C20H21N3O2S/c1-4-10-22-19(25)16(18(24)21-20(22)26)11-14-12-23(13(3)5-2)17-9-7-6-8-15(14)17/h4,6-9,11-13H,1,5,10H2,2-3H3,(H,21,24,26)/b16-11+. The van der Waals surface area contributed by atoms with Crippen molar-refractivity contribution in [1.29, 1.82) is 0 Å². The molecular formula is C20H21N3O2S. The highest BCUT2D eigenvalue weighted by Crippen LogP contribution is 2.28. The molecule has 0 aliphatic carbocycles. The maximum atomic E-state index is 12.7. The minimum absolute atomic E-state index is 0.0764. The highest BCUT2D eigenvalue weighted by molar-refractivity contribution is 7.80. The Hall–Kier alpha value is -2.73. The van der Waals surface area contributed by atoms with Crippen molar-refractivity contribution in [3.8, 4) is 0 Å². The monoisotopic (exact) mass is 367 g/mol. The van der Waals surface area contributed by atoms with Gasteiger partial charge >= 0.3 is 0 Å². The van der Waals surface area contributed by atoms with Crippen LogP contribution in [0.1, 0.15) is 31.9 Å². The van der Waals surface area contributed by atoms with Crippen molar-refractivity contribution in [1.82, 2.24) is 14.8 Å². The average molecular weight is 367 g/mol. The summed E-state index contributed by atoms with van der Waals surface area (Å²) in [5, 5.41) is 3.69. The van der Waals surface area contributed by atoms with Gasteiger partial charge in [0, 0.05) is 35.2 Å². The van der Waals surface area contributed by atoms with E-state index in [1.807, 2.05) is 30.5 Å². The molecule has 1 fully saturated rings. The van der Waals surface area contributed by atoms with E-state index in [0.29, 0.717) is 6.04 Å². The van der Waals surface area contributed by atoms with Crippen molar-refractivity contribution in [3.05, 3.63) is 54.3 Å². The van der Waals surface area contributed by atoms with E-state index in [0.717, 1.165) is 22.9 Å². The van der Waals surface area contributed by atoms with E-state index < -0.39 is 11.8 Å². The third kappa shape index (κ3) is 3.08. The summed E-state index contributed by atoms with van der Waals surface area (Å²) in [7, 11) is 0. The minimum atomic E-state index is -0.472. The molecular weight excluding hydrogens is 346 g/mol. The number of benzene rings is 1. The van der Waals surface area contributed by atoms with E-state index in [9.17, 15) is 9.59 Å². The van der Waals surface area contributed by atoms with Gasteiger partial charge in [-0.15, -0.1) is 6.58 Å². The number of nitrogens with zero attached hydrogens (tertiary/aromatic N) is 2. The lowest BCUT2D eigenvalue weighted by Crippen LogP contribution is -2.53. The number of hydrogen-bond acceptors (Lipinski definition) is 3. The zero-order valence-corrected chi connectivity index (χ0v) is 15.7. The van der Waals surface area contributed by atoms with Gasteiger partial charge in [0.15, 0.2) is 5.11 Å². The Morgan fingerprint density at radius 3 is 2.73 bits per heavy atom. The lowest BCUT2D eigenvalue weighted by atomic mass is 10.1. The SMILES string of the molecule is C=CCN1C(=O)/C(=C/c2cn(C(C)CC)c3ccccc23)C(=O)NC1=S. The molecule has 1 saturated heterocycles. The van der Waals surface area contributed by atoms with Gasteiger partial charge in [0.25, 0.3) is 11.8 Å². The quantitative estimate of drug-likeness (QED) is 0.381. The minimum Gasteiger partial charge on any atom is -0.344 e. The van der Waals surface area contributed by atoms with Gasteiger partial charge in [0.05, 0.1) is 0 Å². The van der Waals surface area contributed by atoms with Crippen LogP contribution in [0.2, 0.25) is 0 Å². The highest BCUT2D eigenvalue weighted by atomic mass is 32.1. The van der Waals surface area contributed by atoms with E-state index in [1.54, 1.807) is 12.2 Å². The second-order valence-electron chi connectivity index (χ2n) is 6.29. The van der Waals surface area contributed by atoms with Crippen LogP contribution in [0.15, 0.2) is 48.7 Å². The van der Waals surface area contributed by atoms with Crippen molar-refractivity contribution in [2.45, 2.75) is 26.3 Å². The number of hydrogen-bond donors (Lipinski definition) is 1. The fourth-order valence-electron chi connectivity index (χ4n) is 3.05. The van der Waals surface area contributed by atoms with Crippen molar-refractivity contribution in [3.63, 3.8) is 0 Å². The van der Waals surface area contributed by atoms with Gasteiger partial charge in [0.2, 0.25) is 0 Å². The molecule has 134 valence electrons. The maximum absolute atomic E-state index is 12.7. The molecule has 0 spiro atoms. The van der Waals surface area contributed by atoms with Gasteiger partial charge in [-0.05, 0) is 37.7 Å². The Morgan fingerprint density at radius 2 is 2.04 bits per heavy atom. The lowest BCUT2D eigenvalue weighted by molar-refractivity contribution is -0.128. The Bertz CT molecular complexity index is 942. The first kappa shape index (κ1) is 18.1. The van der Waals surface area contributed by atoms with Gasteiger partial charge in [-0.25, -0.2) is 0 Å². The van der Waals surface area contributed by atoms with Crippen LogP contribution < -0.4 is 5.32 Å². The molecule has 26 heavy (non-hydrogen) atoms. The number of aromatic nitrogens is 1. The zero-order chi connectivity index (χ0) is 18.8. The van der Waals surface area contributed by atoms with Crippen molar-refractivity contribution in [2.75, 3.05) is 6.54 Å². The van der Waals surface area contributed by atoms with E-state index in [1.165, 1.54) is 4.90 Å². The third-order valence-corrected chi connectivity index (χ3v) is 4.96. The molecule has 1 atom stereocenters. The summed E-state index contributed by atoms with van der Waals surface area (Å²) in [5.74, 6) is -0.875. The number of nitrogens with one attached hydrogen (secondary N) is 1. The summed E-state index contributed by atoms with van der Waals surface area (Å²) >= 11 is 5.09. The topological polar surface area (TPSA) is 54.3 Å². The molecule has 6 heteroatoms. The van der Waals surface area contributed by atoms with Crippen LogP contribution >= 0.6 is 12.2 Å². The molecule has 1 aliphatic heterocycles. The second kappa shape index (κ2) is 7.25. The average Bonchev–Trinajstić information content (AvgIpc) is 3.00. The lowest BCUT2D eigenvalue weighted by Gasteiger charge is -2.27. The molecule has 1 aromatic carbocycles. The van der Waals surface area contributed by atoms with E-state index >= 15 is 0 Å². The van der Waals surface area contributed by atoms with Crippen LogP contribution in [0.4, 0.5) is 0 Å². The Labute approximate surface area is 158 Å². The van der Waals surface area contributed by atoms with E-state index in [4.69, 9.17) is 12.2 Å². The molecule has 2 heterocycles. The Kier molecular flexibility index (Phi) is 5.04.